The molecule has 2 heterocycles. The smallest absolute Gasteiger partial charge is 0.400 e. The molecule has 0 aliphatic carbocycles. The van der Waals surface area contributed by atoms with Gasteiger partial charge in [0.25, 0.3) is 10.0 Å². The summed E-state index contributed by atoms with van der Waals surface area (Å²) in [6.07, 6.45) is 3.53. The number of nitrogens with one attached hydrogen (secondary N) is 1. The lowest BCUT2D eigenvalue weighted by molar-refractivity contribution is 0.00578. The second-order valence-corrected chi connectivity index (χ2v) is 16.9. The van der Waals surface area contributed by atoms with Gasteiger partial charge in [-0.05, 0) is 38.8 Å². The number of hydrogen-bond acceptors (Lipinski definition) is 5. The molecule has 10 heteroatoms. The Morgan fingerprint density at radius 1 is 1.21 bits per heavy atom. The molecule has 0 spiro atoms. The number of rotatable bonds is 6. The summed E-state index contributed by atoms with van der Waals surface area (Å²) in [6, 6.07) is 1.53. The van der Waals surface area contributed by atoms with E-state index in [1.165, 1.54) is 6.07 Å². The normalized spacial score (nSPS) is 20.2. The van der Waals surface area contributed by atoms with Crippen molar-refractivity contribution in [3.63, 3.8) is 0 Å². The van der Waals surface area contributed by atoms with Crippen molar-refractivity contribution >= 4 is 25.4 Å². The Labute approximate surface area is 171 Å². The Morgan fingerprint density at radius 2 is 1.75 bits per heavy atom. The van der Waals surface area contributed by atoms with Gasteiger partial charge in [-0.1, -0.05) is 45.9 Å². The largest absolute Gasteiger partial charge is 0.486 e. The first-order valence-corrected chi connectivity index (χ1v) is 14.0. The van der Waals surface area contributed by atoms with Crippen molar-refractivity contribution in [2.75, 3.05) is 0 Å². The molecule has 0 aromatic carbocycles. The molecule has 7 nitrogen and oxygen atoms in total. The second-order valence-electron chi connectivity index (χ2n) is 9.91. The topological polar surface area (TPSA) is 82.5 Å². The Morgan fingerprint density at radius 3 is 2.25 bits per heavy atom. The van der Waals surface area contributed by atoms with E-state index >= 15 is 0 Å². The van der Waals surface area contributed by atoms with Gasteiger partial charge in [-0.15, -0.1) is 0 Å². The van der Waals surface area contributed by atoms with Crippen LogP contribution in [0.1, 0.15) is 48.5 Å². The predicted octanol–water partition coefficient (Wildman–Crippen LogP) is 3.35. The molecule has 158 valence electrons. The van der Waals surface area contributed by atoms with Crippen LogP contribution < -0.4 is 4.39 Å². The van der Waals surface area contributed by atoms with Gasteiger partial charge in [0, 0.05) is 6.20 Å². The molecular formula is C18H34BN3O4SSi. The molecule has 1 N–H and O–H groups in total. The van der Waals surface area contributed by atoms with E-state index in [2.05, 4.69) is 30.3 Å². The fraction of sp³-hybridized carbons (Fsp3) is 0.722. The molecule has 0 bridgehead atoms. The van der Waals surface area contributed by atoms with Gasteiger partial charge in [0.1, 0.15) is 8.24 Å². The molecule has 1 aliphatic rings. The minimum absolute atomic E-state index is 0.0429. The third kappa shape index (κ3) is 4.96. The quantitative estimate of drug-likeness (QED) is 0.704. The summed E-state index contributed by atoms with van der Waals surface area (Å²) >= 11 is 0. The molecule has 0 amide bonds. The van der Waals surface area contributed by atoms with Crippen LogP contribution >= 0.6 is 0 Å². The lowest BCUT2D eigenvalue weighted by Gasteiger charge is -2.36. The highest BCUT2D eigenvalue weighted by molar-refractivity contribution is 7.90. The first kappa shape index (κ1) is 23.3. The van der Waals surface area contributed by atoms with E-state index in [-0.39, 0.29) is 21.3 Å². The lowest BCUT2D eigenvalue weighted by Crippen LogP contribution is -2.54. The van der Waals surface area contributed by atoms with Crippen molar-refractivity contribution in [3.8, 4) is 0 Å². The highest BCUT2D eigenvalue weighted by Gasteiger charge is 2.50. The fourth-order valence-corrected chi connectivity index (χ4v) is 7.16. The minimum atomic E-state index is -3.65. The third-order valence-corrected chi connectivity index (χ3v) is 13.6. The van der Waals surface area contributed by atoms with Crippen LogP contribution in [0.15, 0.2) is 29.3 Å². The molecule has 1 aliphatic heterocycles. The number of hydrogen-bond donors (Lipinski definition) is 1. The van der Waals surface area contributed by atoms with Gasteiger partial charge >= 0.3 is 7.12 Å². The van der Waals surface area contributed by atoms with Crippen LogP contribution in [0.25, 0.3) is 0 Å². The monoisotopic (exact) mass is 427 g/mol. The number of sulfonamides is 1. The second kappa shape index (κ2) is 7.39. The van der Waals surface area contributed by atoms with Crippen LogP contribution in [-0.2, 0) is 25.9 Å². The van der Waals surface area contributed by atoms with Crippen molar-refractivity contribution in [1.82, 2.24) is 14.2 Å². The highest BCUT2D eigenvalue weighted by Crippen LogP contribution is 2.37. The standard InChI is InChI=1S/C18H34BN3O4SSi/c1-16(2,3)28(8,9)21-27(23,24)15-11-14-22(20-15)13-10-12-19-25-17(4,5)18(6,7)26-19/h10-12,14,21H,13H2,1-9H3. The van der Waals surface area contributed by atoms with Crippen LogP contribution in [0, 0.1) is 0 Å². The SMILES string of the molecule is CC1(C)OB(C=CCn2ccc(S(=O)(=O)N[Si](C)(C)C(C)(C)C)n2)OC1(C)C. The van der Waals surface area contributed by atoms with Crippen LogP contribution in [0.4, 0.5) is 0 Å². The van der Waals surface area contributed by atoms with Crippen LogP contribution in [-0.4, -0.2) is 44.8 Å². The summed E-state index contributed by atoms with van der Waals surface area (Å²) in [4.78, 5) is 0. The van der Waals surface area contributed by atoms with Crippen molar-refractivity contribution in [1.29, 1.82) is 0 Å². The summed E-state index contributed by atoms with van der Waals surface area (Å²) in [5, 5.41) is 4.16. The highest BCUT2D eigenvalue weighted by atomic mass is 32.2. The Bertz CT molecular complexity index is 825. The van der Waals surface area contributed by atoms with Gasteiger partial charge in [-0.3, -0.25) is 4.68 Å². The molecule has 0 radical (unpaired) electrons. The molecule has 2 rings (SSSR count). The minimum Gasteiger partial charge on any atom is -0.400 e. The maximum atomic E-state index is 12.7. The van der Waals surface area contributed by atoms with Crippen LogP contribution in [0.3, 0.4) is 0 Å². The van der Waals surface area contributed by atoms with Gasteiger partial charge in [-0.2, -0.15) is 5.10 Å². The molecule has 0 atom stereocenters. The third-order valence-electron chi connectivity index (χ3n) is 6.01. The zero-order valence-electron chi connectivity index (χ0n) is 18.5. The van der Waals surface area contributed by atoms with Crippen molar-refractivity contribution in [3.05, 3.63) is 24.3 Å². The maximum absolute atomic E-state index is 12.7. The predicted molar refractivity (Wildman–Crippen MR) is 115 cm³/mol. The summed E-state index contributed by atoms with van der Waals surface area (Å²) in [5.74, 6) is 1.83. The molecule has 1 saturated heterocycles. The van der Waals surface area contributed by atoms with Crippen LogP contribution in [0.2, 0.25) is 18.1 Å². The molecule has 1 aromatic rings. The number of allylic oxidation sites excluding steroid dienone is 1. The van der Waals surface area contributed by atoms with Gasteiger partial charge in [0.05, 0.1) is 17.7 Å². The fourth-order valence-electron chi connectivity index (χ4n) is 2.38. The van der Waals surface area contributed by atoms with E-state index in [4.69, 9.17) is 9.31 Å². The Hall–Kier alpha value is -0.938. The van der Waals surface area contributed by atoms with Gasteiger partial charge in [0.15, 0.2) is 5.03 Å². The van der Waals surface area contributed by atoms with E-state index in [1.54, 1.807) is 10.9 Å². The van der Waals surface area contributed by atoms with E-state index in [9.17, 15) is 8.42 Å². The van der Waals surface area contributed by atoms with E-state index in [0.29, 0.717) is 6.54 Å². The average Bonchev–Trinajstić information content (AvgIpc) is 3.00. The Balaban J connectivity index is 2.03. The average molecular weight is 427 g/mol. The molecule has 1 fully saturated rings. The maximum Gasteiger partial charge on any atom is 0.486 e. The lowest BCUT2D eigenvalue weighted by atomic mass is 9.90. The van der Waals surface area contributed by atoms with E-state index < -0.39 is 25.4 Å². The van der Waals surface area contributed by atoms with E-state index in [0.717, 1.165) is 0 Å². The zero-order valence-corrected chi connectivity index (χ0v) is 20.3. The molecule has 0 saturated carbocycles. The Kier molecular flexibility index (Phi) is 6.16. The first-order chi connectivity index (χ1) is 12.5. The zero-order chi connectivity index (χ0) is 21.6. The van der Waals surface area contributed by atoms with Crippen molar-refractivity contribution in [2.45, 2.75) is 89.4 Å². The van der Waals surface area contributed by atoms with Crippen molar-refractivity contribution < 1.29 is 17.7 Å². The van der Waals surface area contributed by atoms with Crippen LogP contribution in [0.5, 0.6) is 0 Å². The summed E-state index contributed by atoms with van der Waals surface area (Å²) in [6.45, 7) is 18.6. The van der Waals surface area contributed by atoms with Gasteiger partial charge in [-0.25, -0.2) is 12.8 Å². The molecule has 0 unspecified atom stereocenters. The van der Waals surface area contributed by atoms with Gasteiger partial charge < -0.3 is 9.31 Å². The van der Waals surface area contributed by atoms with Crippen molar-refractivity contribution in [2.24, 2.45) is 0 Å². The van der Waals surface area contributed by atoms with Gasteiger partial charge in [0.2, 0.25) is 0 Å². The first-order valence-electron chi connectivity index (χ1n) is 9.57. The summed E-state index contributed by atoms with van der Waals surface area (Å²) in [7, 11) is -6.29. The molecular weight excluding hydrogens is 393 g/mol. The number of aromatic nitrogens is 2. The van der Waals surface area contributed by atoms with E-state index in [1.807, 2.05) is 52.8 Å². The summed E-state index contributed by atoms with van der Waals surface area (Å²) < 4.78 is 41.7. The molecule has 1 aromatic heterocycles. The molecule has 28 heavy (non-hydrogen) atoms. The number of nitrogens with zero attached hydrogens (tertiary/aromatic N) is 2. The summed E-state index contributed by atoms with van der Waals surface area (Å²) in [5.41, 5.74) is -0.769.